The number of rotatable bonds is 5. The maximum atomic E-state index is 11.2. The zero-order chi connectivity index (χ0) is 13.0. The van der Waals surface area contributed by atoms with Crippen molar-refractivity contribution in [1.82, 2.24) is 25.9 Å². The second-order valence-corrected chi connectivity index (χ2v) is 3.67. The first-order valence-corrected chi connectivity index (χ1v) is 5.33. The first kappa shape index (κ1) is 12.2. The van der Waals surface area contributed by atoms with Crippen molar-refractivity contribution in [2.75, 3.05) is 7.11 Å². The number of nitrogens with zero attached hydrogens (tertiary/aromatic N) is 3. The predicted octanol–water partition coefficient (Wildman–Crippen LogP) is 0.430. The zero-order valence-electron chi connectivity index (χ0n) is 10.0. The number of carbonyl (C=O) groups excluding carboxylic acids is 1. The van der Waals surface area contributed by atoms with Gasteiger partial charge in [-0.15, -0.1) is 10.2 Å². The third kappa shape index (κ3) is 2.72. The van der Waals surface area contributed by atoms with E-state index in [1.54, 1.807) is 6.07 Å². The lowest BCUT2D eigenvalue weighted by Gasteiger charge is -2.07. The molecule has 8 nitrogen and oxygen atoms in total. The van der Waals surface area contributed by atoms with Gasteiger partial charge >= 0.3 is 5.97 Å². The first-order valence-electron chi connectivity index (χ1n) is 5.33. The van der Waals surface area contributed by atoms with Crippen molar-refractivity contribution >= 4 is 5.97 Å². The minimum atomic E-state index is -0.420. The van der Waals surface area contributed by atoms with Crippen LogP contribution in [0.4, 0.5) is 0 Å². The molecule has 0 amide bonds. The SMILES string of the molecule is COC(=O)c1coc(CNC(C)c2nn[nH]n2)c1. The number of aromatic amines is 1. The molecule has 2 rings (SSSR count). The molecular formula is C10H13N5O3. The monoisotopic (exact) mass is 251 g/mol. The molecule has 0 radical (unpaired) electrons. The number of nitrogens with one attached hydrogen (secondary N) is 2. The Morgan fingerprint density at radius 3 is 3.17 bits per heavy atom. The van der Waals surface area contributed by atoms with Gasteiger partial charge in [0, 0.05) is 0 Å². The van der Waals surface area contributed by atoms with Gasteiger partial charge in [-0.2, -0.15) is 5.21 Å². The highest BCUT2D eigenvalue weighted by Crippen LogP contribution is 2.11. The van der Waals surface area contributed by atoms with Crippen LogP contribution in [0.25, 0.3) is 0 Å². The highest BCUT2D eigenvalue weighted by molar-refractivity contribution is 5.88. The number of carbonyl (C=O) groups is 1. The van der Waals surface area contributed by atoms with Crippen LogP contribution in [0.2, 0.25) is 0 Å². The molecule has 2 heterocycles. The summed E-state index contributed by atoms with van der Waals surface area (Å²) in [5, 5.41) is 16.7. The summed E-state index contributed by atoms with van der Waals surface area (Å²) in [7, 11) is 1.32. The molecule has 0 saturated heterocycles. The van der Waals surface area contributed by atoms with E-state index in [4.69, 9.17) is 4.42 Å². The number of tetrazole rings is 1. The molecule has 0 aliphatic carbocycles. The molecule has 0 fully saturated rings. The van der Waals surface area contributed by atoms with Crippen LogP contribution in [0.5, 0.6) is 0 Å². The van der Waals surface area contributed by atoms with E-state index in [9.17, 15) is 4.79 Å². The number of furan rings is 1. The third-order valence-corrected chi connectivity index (χ3v) is 2.41. The number of hydrogen-bond donors (Lipinski definition) is 2. The van der Waals surface area contributed by atoms with Crippen molar-refractivity contribution in [2.45, 2.75) is 19.5 Å². The maximum absolute atomic E-state index is 11.2. The molecule has 8 heteroatoms. The molecule has 2 aromatic rings. The largest absolute Gasteiger partial charge is 0.467 e. The quantitative estimate of drug-likeness (QED) is 0.742. The first-order chi connectivity index (χ1) is 8.70. The molecule has 96 valence electrons. The van der Waals surface area contributed by atoms with Gasteiger partial charge in [-0.05, 0) is 13.0 Å². The standard InChI is InChI=1S/C10H13N5O3/c1-6(9-12-14-15-13-9)11-4-8-3-7(5-18-8)10(16)17-2/h3,5-6,11H,4H2,1-2H3,(H,12,13,14,15). The molecule has 2 aromatic heterocycles. The summed E-state index contributed by atoms with van der Waals surface area (Å²) >= 11 is 0. The minimum Gasteiger partial charge on any atom is -0.467 e. The lowest BCUT2D eigenvalue weighted by atomic mass is 10.3. The number of H-pyrrole nitrogens is 1. The lowest BCUT2D eigenvalue weighted by Crippen LogP contribution is -2.19. The van der Waals surface area contributed by atoms with Crippen molar-refractivity contribution in [1.29, 1.82) is 0 Å². The van der Waals surface area contributed by atoms with E-state index in [-0.39, 0.29) is 6.04 Å². The summed E-state index contributed by atoms with van der Waals surface area (Å²) in [6.07, 6.45) is 1.36. The van der Waals surface area contributed by atoms with Crippen molar-refractivity contribution in [3.05, 3.63) is 29.5 Å². The van der Waals surface area contributed by atoms with E-state index in [1.807, 2.05) is 6.92 Å². The summed E-state index contributed by atoms with van der Waals surface area (Å²) in [5.74, 6) is 0.775. The Labute approximate surface area is 103 Å². The number of esters is 1. The Hall–Kier alpha value is -2.22. The smallest absolute Gasteiger partial charge is 0.341 e. The summed E-state index contributed by atoms with van der Waals surface area (Å²) in [6.45, 7) is 2.35. The van der Waals surface area contributed by atoms with Crippen molar-refractivity contribution in [3.63, 3.8) is 0 Å². The van der Waals surface area contributed by atoms with Crippen molar-refractivity contribution < 1.29 is 13.9 Å². The molecule has 0 saturated carbocycles. The second kappa shape index (κ2) is 5.41. The number of ether oxygens (including phenoxy) is 1. The van der Waals surface area contributed by atoms with Gasteiger partial charge in [0.2, 0.25) is 0 Å². The van der Waals surface area contributed by atoms with E-state index in [2.05, 4.69) is 30.7 Å². The van der Waals surface area contributed by atoms with Crippen LogP contribution in [-0.4, -0.2) is 33.7 Å². The Balaban J connectivity index is 1.90. The highest BCUT2D eigenvalue weighted by atomic mass is 16.5. The van der Waals surface area contributed by atoms with Gasteiger partial charge in [-0.1, -0.05) is 5.21 Å². The number of methoxy groups -OCH3 is 1. The molecule has 0 aliphatic rings. The molecular weight excluding hydrogens is 238 g/mol. The molecule has 2 N–H and O–H groups in total. The van der Waals surface area contributed by atoms with Gasteiger partial charge < -0.3 is 14.5 Å². The average molecular weight is 251 g/mol. The maximum Gasteiger partial charge on any atom is 0.341 e. The predicted molar refractivity (Wildman–Crippen MR) is 59.5 cm³/mol. The van der Waals surface area contributed by atoms with Gasteiger partial charge in [0.15, 0.2) is 5.82 Å². The Morgan fingerprint density at radius 2 is 2.50 bits per heavy atom. The van der Waals surface area contributed by atoms with Crippen LogP contribution in [-0.2, 0) is 11.3 Å². The van der Waals surface area contributed by atoms with Gasteiger partial charge in [0.1, 0.15) is 12.0 Å². The van der Waals surface area contributed by atoms with E-state index >= 15 is 0 Å². The summed E-state index contributed by atoms with van der Waals surface area (Å²) in [5.41, 5.74) is 0.390. The van der Waals surface area contributed by atoms with E-state index in [0.29, 0.717) is 23.7 Å². The normalized spacial score (nSPS) is 12.3. The van der Waals surface area contributed by atoms with E-state index < -0.39 is 5.97 Å². The lowest BCUT2D eigenvalue weighted by molar-refractivity contribution is 0.0600. The fourth-order valence-corrected chi connectivity index (χ4v) is 1.40. The zero-order valence-corrected chi connectivity index (χ0v) is 10.0. The van der Waals surface area contributed by atoms with Crippen LogP contribution in [0, 0.1) is 0 Å². The summed E-state index contributed by atoms with van der Waals surface area (Å²) in [4.78, 5) is 11.2. The van der Waals surface area contributed by atoms with Crippen LogP contribution < -0.4 is 5.32 Å². The van der Waals surface area contributed by atoms with Crippen LogP contribution >= 0.6 is 0 Å². The van der Waals surface area contributed by atoms with Crippen LogP contribution in [0.15, 0.2) is 16.7 Å². The number of aromatic nitrogens is 4. The number of hydrogen-bond acceptors (Lipinski definition) is 7. The Morgan fingerprint density at radius 1 is 1.67 bits per heavy atom. The highest BCUT2D eigenvalue weighted by Gasteiger charge is 2.13. The Bertz CT molecular complexity index is 507. The van der Waals surface area contributed by atoms with Gasteiger partial charge in [-0.25, -0.2) is 4.79 Å². The van der Waals surface area contributed by atoms with Crippen molar-refractivity contribution in [3.8, 4) is 0 Å². The van der Waals surface area contributed by atoms with Crippen LogP contribution in [0.3, 0.4) is 0 Å². The van der Waals surface area contributed by atoms with Crippen LogP contribution in [0.1, 0.15) is 34.9 Å². The molecule has 1 atom stereocenters. The van der Waals surface area contributed by atoms with E-state index in [0.717, 1.165) is 0 Å². The fraction of sp³-hybridized carbons (Fsp3) is 0.400. The van der Waals surface area contributed by atoms with Gasteiger partial charge in [0.05, 0.1) is 25.3 Å². The molecule has 0 aromatic carbocycles. The molecule has 0 spiro atoms. The molecule has 0 aliphatic heterocycles. The molecule has 0 bridgehead atoms. The Kier molecular flexibility index (Phi) is 3.68. The molecule has 1 unspecified atom stereocenters. The fourth-order valence-electron chi connectivity index (χ4n) is 1.40. The van der Waals surface area contributed by atoms with E-state index in [1.165, 1.54) is 13.4 Å². The summed E-state index contributed by atoms with van der Waals surface area (Å²) in [6, 6.07) is 1.55. The molecule has 18 heavy (non-hydrogen) atoms. The average Bonchev–Trinajstić information content (AvgIpc) is 3.05. The minimum absolute atomic E-state index is 0.0737. The van der Waals surface area contributed by atoms with Crippen molar-refractivity contribution in [2.24, 2.45) is 0 Å². The summed E-state index contributed by atoms with van der Waals surface area (Å²) < 4.78 is 9.81. The van der Waals surface area contributed by atoms with Gasteiger partial charge in [-0.3, -0.25) is 0 Å². The topological polar surface area (TPSA) is 106 Å². The second-order valence-electron chi connectivity index (χ2n) is 3.67. The van der Waals surface area contributed by atoms with Gasteiger partial charge in [0.25, 0.3) is 0 Å². The third-order valence-electron chi connectivity index (χ3n) is 2.41.